The Balaban J connectivity index is 2.38. The van der Waals surface area contributed by atoms with E-state index in [4.69, 9.17) is 0 Å². The molecular weight excluding hydrogens is 76.1 g/mol. The number of rotatable bonds is 0. The van der Waals surface area contributed by atoms with Crippen molar-refractivity contribution in [2.24, 2.45) is 0 Å². The highest BCUT2D eigenvalue weighted by molar-refractivity contribution is 6.53. The van der Waals surface area contributed by atoms with Gasteiger partial charge in [0.2, 0.25) is 0 Å². The molecule has 0 nitrogen and oxygen atoms in total. The van der Waals surface area contributed by atoms with Gasteiger partial charge in [0, 0.05) is 9.52 Å². The third kappa shape index (κ3) is 0.761. The Morgan fingerprint density at radius 2 is 1.80 bits per heavy atom. The van der Waals surface area contributed by atoms with E-state index in [1.54, 1.807) is 0 Å². The lowest BCUT2D eigenvalue weighted by atomic mass is 10.3. The van der Waals surface area contributed by atoms with Crippen molar-refractivity contribution in [2.45, 2.75) is 24.9 Å². The highest BCUT2D eigenvalue weighted by atomic mass is 28.2. The van der Waals surface area contributed by atoms with Gasteiger partial charge in [-0.05, 0) is 5.04 Å². The average molecular weight is 84.2 g/mol. The van der Waals surface area contributed by atoms with Gasteiger partial charge in [-0.1, -0.05) is 19.9 Å². The molecule has 1 heteroatoms. The summed E-state index contributed by atoms with van der Waals surface area (Å²) in [7, 11) is 1.26. The first kappa shape index (κ1) is 3.41. The summed E-state index contributed by atoms with van der Waals surface area (Å²) in [6.07, 6.45) is 0. The van der Waals surface area contributed by atoms with Crippen LogP contribution in [0.1, 0.15) is 13.8 Å². The Hall–Kier alpha value is 0.217. The molecule has 1 rings (SSSR count). The van der Waals surface area contributed by atoms with E-state index >= 15 is 0 Å². The minimum Gasteiger partial charge on any atom is -0.0631 e. The van der Waals surface area contributed by atoms with Gasteiger partial charge in [-0.25, -0.2) is 0 Å². The fourth-order valence-corrected chi connectivity index (χ4v) is 0.530. The molecule has 1 aliphatic rings. The molecule has 1 heterocycles. The largest absolute Gasteiger partial charge is 0.0631 e. The molecule has 0 unspecified atom stereocenters. The normalized spacial score (nSPS) is 30.0. The second kappa shape index (κ2) is 0.646. The van der Waals surface area contributed by atoms with Gasteiger partial charge in [0.05, 0.1) is 0 Å². The number of hydrogen-bond donors (Lipinski definition) is 0. The number of hydrogen-bond acceptors (Lipinski definition) is 0. The van der Waals surface area contributed by atoms with Gasteiger partial charge >= 0.3 is 0 Å². The van der Waals surface area contributed by atoms with Gasteiger partial charge < -0.3 is 0 Å². The van der Waals surface area contributed by atoms with E-state index < -0.39 is 0 Å². The molecule has 0 aromatic heterocycles. The van der Waals surface area contributed by atoms with E-state index in [2.05, 4.69) is 13.8 Å². The maximum atomic E-state index is 2.31. The topological polar surface area (TPSA) is 0 Å². The lowest BCUT2D eigenvalue weighted by Crippen LogP contribution is -1.69. The predicted octanol–water partition coefficient (Wildman–Crippen LogP) is 1.32. The molecule has 0 N–H and O–H groups in total. The minimum absolute atomic E-state index is 0.778. The monoisotopic (exact) mass is 84.0 g/mol. The van der Waals surface area contributed by atoms with Gasteiger partial charge in [0.15, 0.2) is 0 Å². The molecular formula is C4H8Si. The highest BCUT2D eigenvalue weighted by Crippen LogP contribution is 2.43. The van der Waals surface area contributed by atoms with Gasteiger partial charge in [-0.3, -0.25) is 0 Å². The molecule has 0 atom stereocenters. The zero-order valence-electron chi connectivity index (χ0n) is 3.71. The van der Waals surface area contributed by atoms with Crippen LogP contribution in [0.2, 0.25) is 11.1 Å². The van der Waals surface area contributed by atoms with Crippen molar-refractivity contribution in [3.63, 3.8) is 0 Å². The van der Waals surface area contributed by atoms with Crippen molar-refractivity contribution in [3.05, 3.63) is 0 Å². The highest BCUT2D eigenvalue weighted by Gasteiger charge is 2.31. The lowest BCUT2D eigenvalue weighted by Gasteiger charge is -1.86. The molecule has 5 heavy (non-hydrogen) atoms. The summed E-state index contributed by atoms with van der Waals surface area (Å²) in [5.41, 5.74) is 0. The van der Waals surface area contributed by atoms with Crippen molar-refractivity contribution in [3.8, 4) is 0 Å². The van der Waals surface area contributed by atoms with Crippen LogP contribution in [0.4, 0.5) is 0 Å². The van der Waals surface area contributed by atoms with E-state index in [0.29, 0.717) is 0 Å². The SMILES string of the molecule is CC1(C)C[Si]1. The summed E-state index contributed by atoms with van der Waals surface area (Å²) in [4.78, 5) is 0. The quantitative estimate of drug-likeness (QED) is 0.388. The van der Waals surface area contributed by atoms with E-state index in [1.807, 2.05) is 0 Å². The summed E-state index contributed by atoms with van der Waals surface area (Å²) in [6.45, 7) is 4.62. The van der Waals surface area contributed by atoms with Crippen molar-refractivity contribution in [1.82, 2.24) is 0 Å². The van der Waals surface area contributed by atoms with E-state index in [9.17, 15) is 0 Å². The molecule has 1 aliphatic heterocycles. The van der Waals surface area contributed by atoms with E-state index in [0.717, 1.165) is 5.04 Å². The van der Waals surface area contributed by atoms with Crippen LogP contribution >= 0.6 is 0 Å². The predicted molar refractivity (Wildman–Crippen MR) is 24.6 cm³/mol. The van der Waals surface area contributed by atoms with Crippen molar-refractivity contribution in [1.29, 1.82) is 0 Å². The Morgan fingerprint density at radius 3 is 1.80 bits per heavy atom. The first-order valence-corrected chi connectivity index (χ1v) is 3.16. The lowest BCUT2D eigenvalue weighted by molar-refractivity contribution is 0.872. The van der Waals surface area contributed by atoms with Crippen molar-refractivity contribution < 1.29 is 0 Å². The fraction of sp³-hybridized carbons (Fsp3) is 1.00. The molecule has 0 aliphatic carbocycles. The van der Waals surface area contributed by atoms with Crippen LogP contribution in [-0.4, -0.2) is 9.52 Å². The summed E-state index contributed by atoms with van der Waals surface area (Å²) in [5, 5.41) is 0.778. The average Bonchev–Trinajstić information content (AvgIpc) is 1.76. The van der Waals surface area contributed by atoms with Crippen molar-refractivity contribution >= 4 is 9.52 Å². The minimum atomic E-state index is 0.778. The molecule has 28 valence electrons. The first-order chi connectivity index (χ1) is 2.21. The van der Waals surface area contributed by atoms with Crippen LogP contribution in [0.15, 0.2) is 0 Å². The summed E-state index contributed by atoms with van der Waals surface area (Å²) in [5.74, 6) is 0. The smallest absolute Gasteiger partial charge is 0.0447 e. The van der Waals surface area contributed by atoms with Gasteiger partial charge in [-0.15, -0.1) is 0 Å². The Morgan fingerprint density at radius 1 is 1.60 bits per heavy atom. The third-order valence-corrected chi connectivity index (χ3v) is 2.65. The van der Waals surface area contributed by atoms with Crippen LogP contribution in [0.25, 0.3) is 0 Å². The van der Waals surface area contributed by atoms with Crippen LogP contribution in [-0.2, 0) is 0 Å². The molecule has 1 saturated heterocycles. The third-order valence-electron chi connectivity index (χ3n) is 0.884. The van der Waals surface area contributed by atoms with E-state index in [1.165, 1.54) is 15.6 Å². The summed E-state index contributed by atoms with van der Waals surface area (Å²) in [6, 6.07) is 1.48. The van der Waals surface area contributed by atoms with Crippen molar-refractivity contribution in [2.75, 3.05) is 0 Å². The summed E-state index contributed by atoms with van der Waals surface area (Å²) >= 11 is 0. The van der Waals surface area contributed by atoms with Gasteiger partial charge in [0.1, 0.15) is 0 Å². The molecule has 1 fully saturated rings. The zero-order chi connectivity index (χ0) is 3.91. The van der Waals surface area contributed by atoms with Crippen LogP contribution in [0, 0.1) is 0 Å². The van der Waals surface area contributed by atoms with Gasteiger partial charge in [-0.2, -0.15) is 0 Å². The van der Waals surface area contributed by atoms with Crippen LogP contribution in [0.5, 0.6) is 0 Å². The second-order valence-electron chi connectivity index (χ2n) is 2.24. The molecule has 0 bridgehead atoms. The maximum absolute atomic E-state index is 2.31. The standard InChI is InChI=1S/C4H8Si/c1-4(2)3-5-4/h3H2,1-2H3. The molecule has 0 aromatic rings. The maximum Gasteiger partial charge on any atom is 0.0447 e. The molecule has 0 amide bonds. The summed E-state index contributed by atoms with van der Waals surface area (Å²) < 4.78 is 0. The Labute approximate surface area is 35.4 Å². The molecule has 2 radical (unpaired) electrons. The first-order valence-electron chi connectivity index (χ1n) is 1.96. The zero-order valence-corrected chi connectivity index (χ0v) is 4.71. The van der Waals surface area contributed by atoms with Crippen LogP contribution in [0.3, 0.4) is 0 Å². The molecule has 0 spiro atoms. The Bertz CT molecular complexity index is 41.6. The van der Waals surface area contributed by atoms with Crippen LogP contribution < -0.4 is 0 Å². The second-order valence-corrected chi connectivity index (χ2v) is 4.30. The van der Waals surface area contributed by atoms with Gasteiger partial charge in [0.25, 0.3) is 0 Å². The Kier molecular flexibility index (Phi) is 0.441. The fourth-order valence-electron chi connectivity index (χ4n) is 0.177. The van der Waals surface area contributed by atoms with E-state index in [-0.39, 0.29) is 0 Å². The molecule has 0 aromatic carbocycles. The molecule has 0 saturated carbocycles.